The zero-order chi connectivity index (χ0) is 8.06. The Hall–Kier alpha value is -0.770. The van der Waals surface area contributed by atoms with Gasteiger partial charge in [-0.05, 0) is 19.3 Å². The third-order valence-corrected chi connectivity index (χ3v) is 2.64. The number of β-amino-alcohol motifs (C(OH)–C–C–N with tert-alkyl or cyclic N) is 1. The van der Waals surface area contributed by atoms with Crippen LogP contribution in [-0.2, 0) is 0 Å². The molecule has 1 unspecified atom stereocenters. The zero-order valence-electron chi connectivity index (χ0n) is 6.16. The SMILES string of the molecule is O=C(O)N1CC(O)CC12CC2. The second kappa shape index (κ2) is 1.88. The van der Waals surface area contributed by atoms with Gasteiger partial charge in [-0.1, -0.05) is 0 Å². The molecule has 11 heavy (non-hydrogen) atoms. The molecule has 2 N–H and O–H groups in total. The lowest BCUT2D eigenvalue weighted by atomic mass is 10.2. The standard InChI is InChI=1S/C7H11NO3/c9-5-3-7(1-2-7)8(4-5)6(10)11/h5,9H,1-4H2,(H,10,11). The van der Waals surface area contributed by atoms with Crippen molar-refractivity contribution >= 4 is 6.09 Å². The molecule has 2 fully saturated rings. The zero-order valence-corrected chi connectivity index (χ0v) is 6.16. The average Bonchev–Trinajstić information content (AvgIpc) is 2.54. The van der Waals surface area contributed by atoms with E-state index in [0.717, 1.165) is 12.8 Å². The van der Waals surface area contributed by atoms with Crippen molar-refractivity contribution in [1.29, 1.82) is 0 Å². The Balaban J connectivity index is 2.15. The summed E-state index contributed by atoms with van der Waals surface area (Å²) in [5.41, 5.74) is -0.161. The van der Waals surface area contributed by atoms with E-state index >= 15 is 0 Å². The number of aliphatic hydroxyl groups is 1. The Morgan fingerprint density at radius 3 is 2.55 bits per heavy atom. The summed E-state index contributed by atoms with van der Waals surface area (Å²) in [5, 5.41) is 17.9. The van der Waals surface area contributed by atoms with Crippen LogP contribution in [0.5, 0.6) is 0 Å². The number of hydrogen-bond donors (Lipinski definition) is 2. The Morgan fingerprint density at radius 2 is 2.18 bits per heavy atom. The molecule has 2 aliphatic rings. The monoisotopic (exact) mass is 157 g/mol. The summed E-state index contributed by atoms with van der Waals surface area (Å²) in [6.07, 6.45) is 1.17. The lowest BCUT2D eigenvalue weighted by Gasteiger charge is -2.19. The molecule has 2 rings (SSSR count). The van der Waals surface area contributed by atoms with Crippen molar-refractivity contribution in [3.05, 3.63) is 0 Å². The van der Waals surface area contributed by atoms with Crippen LogP contribution in [-0.4, -0.2) is 39.4 Å². The van der Waals surface area contributed by atoms with Crippen LogP contribution in [0.15, 0.2) is 0 Å². The Labute approximate surface area is 64.4 Å². The third kappa shape index (κ3) is 0.894. The summed E-state index contributed by atoms with van der Waals surface area (Å²) in [5.74, 6) is 0. The van der Waals surface area contributed by atoms with Gasteiger partial charge in [0.2, 0.25) is 0 Å². The van der Waals surface area contributed by atoms with Crippen LogP contribution >= 0.6 is 0 Å². The fraction of sp³-hybridized carbons (Fsp3) is 0.857. The molecule has 0 aromatic rings. The number of rotatable bonds is 0. The number of carbonyl (C=O) groups is 1. The maximum Gasteiger partial charge on any atom is 0.407 e. The molecule has 1 saturated heterocycles. The molecule has 1 aliphatic carbocycles. The molecular formula is C7H11NO3. The predicted octanol–water partition coefficient (Wildman–Crippen LogP) is 0.264. The van der Waals surface area contributed by atoms with Gasteiger partial charge in [-0.3, -0.25) is 4.90 Å². The molecule has 0 aromatic heterocycles. The van der Waals surface area contributed by atoms with Crippen molar-refractivity contribution in [2.24, 2.45) is 0 Å². The second-order valence-electron chi connectivity index (χ2n) is 3.48. The van der Waals surface area contributed by atoms with E-state index in [1.54, 1.807) is 0 Å². The first-order chi connectivity index (χ1) is 5.14. The van der Waals surface area contributed by atoms with Crippen LogP contribution in [0, 0.1) is 0 Å². The van der Waals surface area contributed by atoms with Gasteiger partial charge in [0.1, 0.15) is 0 Å². The Morgan fingerprint density at radius 1 is 1.55 bits per heavy atom. The van der Waals surface area contributed by atoms with E-state index < -0.39 is 12.2 Å². The third-order valence-electron chi connectivity index (χ3n) is 2.64. The van der Waals surface area contributed by atoms with Gasteiger partial charge in [0.05, 0.1) is 12.6 Å². The molecule has 1 amide bonds. The number of amides is 1. The van der Waals surface area contributed by atoms with Crippen molar-refractivity contribution in [2.75, 3.05) is 6.54 Å². The smallest absolute Gasteiger partial charge is 0.407 e. The molecule has 1 saturated carbocycles. The number of hydrogen-bond acceptors (Lipinski definition) is 2. The summed E-state index contributed by atoms with van der Waals surface area (Å²) in [4.78, 5) is 12.0. The van der Waals surface area contributed by atoms with Gasteiger partial charge in [-0.2, -0.15) is 0 Å². The number of nitrogens with zero attached hydrogens (tertiary/aromatic N) is 1. The van der Waals surface area contributed by atoms with Crippen molar-refractivity contribution in [1.82, 2.24) is 4.90 Å². The first-order valence-electron chi connectivity index (χ1n) is 3.83. The molecule has 1 spiro atoms. The highest BCUT2D eigenvalue weighted by Crippen LogP contribution is 2.49. The summed E-state index contributed by atoms with van der Waals surface area (Å²) in [6, 6.07) is 0. The minimum atomic E-state index is -0.890. The molecule has 1 atom stereocenters. The summed E-state index contributed by atoms with van der Waals surface area (Å²) >= 11 is 0. The van der Waals surface area contributed by atoms with E-state index in [2.05, 4.69) is 0 Å². The quantitative estimate of drug-likeness (QED) is 0.530. The van der Waals surface area contributed by atoms with Gasteiger partial charge in [0.25, 0.3) is 0 Å². The van der Waals surface area contributed by atoms with Crippen LogP contribution < -0.4 is 0 Å². The predicted molar refractivity (Wildman–Crippen MR) is 37.3 cm³/mol. The lowest BCUT2D eigenvalue weighted by molar-refractivity contribution is 0.128. The van der Waals surface area contributed by atoms with Gasteiger partial charge >= 0.3 is 6.09 Å². The molecule has 4 heteroatoms. The second-order valence-corrected chi connectivity index (χ2v) is 3.48. The fourth-order valence-electron chi connectivity index (χ4n) is 1.92. The Kier molecular flexibility index (Phi) is 1.18. The van der Waals surface area contributed by atoms with Gasteiger partial charge < -0.3 is 10.2 Å². The molecule has 0 aromatic carbocycles. The van der Waals surface area contributed by atoms with E-state index in [0.29, 0.717) is 13.0 Å². The van der Waals surface area contributed by atoms with Gasteiger partial charge in [-0.15, -0.1) is 0 Å². The lowest BCUT2D eigenvalue weighted by Crippen LogP contribution is -2.36. The maximum atomic E-state index is 10.6. The normalized spacial score (nSPS) is 32.8. The maximum absolute atomic E-state index is 10.6. The molecule has 1 heterocycles. The highest BCUT2D eigenvalue weighted by molar-refractivity contribution is 5.67. The van der Waals surface area contributed by atoms with Gasteiger partial charge in [0.15, 0.2) is 0 Å². The van der Waals surface area contributed by atoms with E-state index in [4.69, 9.17) is 5.11 Å². The van der Waals surface area contributed by atoms with Crippen molar-refractivity contribution < 1.29 is 15.0 Å². The summed E-state index contributed by atoms with van der Waals surface area (Å²) in [7, 11) is 0. The molecule has 1 aliphatic heterocycles. The molecular weight excluding hydrogens is 146 g/mol. The first kappa shape index (κ1) is 6.91. The van der Waals surface area contributed by atoms with Crippen molar-refractivity contribution in [3.8, 4) is 0 Å². The first-order valence-corrected chi connectivity index (χ1v) is 3.83. The molecule has 4 nitrogen and oxygen atoms in total. The van der Waals surface area contributed by atoms with Crippen LogP contribution in [0.25, 0.3) is 0 Å². The number of aliphatic hydroxyl groups excluding tert-OH is 1. The van der Waals surface area contributed by atoms with Gasteiger partial charge in [-0.25, -0.2) is 4.79 Å². The molecule has 62 valence electrons. The van der Waals surface area contributed by atoms with E-state index in [-0.39, 0.29) is 5.54 Å². The van der Waals surface area contributed by atoms with E-state index in [1.807, 2.05) is 0 Å². The van der Waals surface area contributed by atoms with Crippen LogP contribution in [0.1, 0.15) is 19.3 Å². The minimum Gasteiger partial charge on any atom is -0.465 e. The highest BCUT2D eigenvalue weighted by Gasteiger charge is 2.55. The Bertz CT molecular complexity index is 200. The largest absolute Gasteiger partial charge is 0.465 e. The van der Waals surface area contributed by atoms with Crippen LogP contribution in [0.4, 0.5) is 4.79 Å². The summed E-state index contributed by atoms with van der Waals surface area (Å²) < 4.78 is 0. The minimum absolute atomic E-state index is 0.161. The molecule has 0 radical (unpaired) electrons. The van der Waals surface area contributed by atoms with Crippen molar-refractivity contribution in [2.45, 2.75) is 30.9 Å². The van der Waals surface area contributed by atoms with Gasteiger partial charge in [0, 0.05) is 5.54 Å². The van der Waals surface area contributed by atoms with Crippen LogP contribution in [0.3, 0.4) is 0 Å². The van der Waals surface area contributed by atoms with E-state index in [9.17, 15) is 9.90 Å². The fourth-order valence-corrected chi connectivity index (χ4v) is 1.92. The topological polar surface area (TPSA) is 60.8 Å². The van der Waals surface area contributed by atoms with Crippen LogP contribution in [0.2, 0.25) is 0 Å². The molecule has 0 bridgehead atoms. The van der Waals surface area contributed by atoms with Crippen molar-refractivity contribution in [3.63, 3.8) is 0 Å². The number of carboxylic acid groups (broad SMARTS) is 1. The highest BCUT2D eigenvalue weighted by atomic mass is 16.4. The number of likely N-dealkylation sites (tertiary alicyclic amines) is 1. The van der Waals surface area contributed by atoms with E-state index in [1.165, 1.54) is 4.90 Å². The summed E-state index contributed by atoms with van der Waals surface area (Å²) in [6.45, 7) is 0.301. The average molecular weight is 157 g/mol.